The van der Waals surface area contributed by atoms with Gasteiger partial charge in [0.25, 0.3) is 0 Å². The molecule has 0 bridgehead atoms. The van der Waals surface area contributed by atoms with Crippen molar-refractivity contribution in [3.63, 3.8) is 0 Å². The van der Waals surface area contributed by atoms with E-state index < -0.39 is 0 Å². The second kappa shape index (κ2) is 6.18. The van der Waals surface area contributed by atoms with Crippen molar-refractivity contribution >= 4 is 0 Å². The Kier molecular flexibility index (Phi) is 4.57. The van der Waals surface area contributed by atoms with Crippen LogP contribution in [0.2, 0.25) is 0 Å². The van der Waals surface area contributed by atoms with Crippen LogP contribution < -0.4 is 5.32 Å². The van der Waals surface area contributed by atoms with E-state index >= 15 is 0 Å². The number of aliphatic hydroxyl groups excluding tert-OH is 1. The number of aryl methyl sites for hydroxylation is 1. The standard InChI is InChI=1S/C15H23NO/c1-2-13(17)10-11-16-15-9-5-7-12-6-3-4-8-14(12)15/h3-4,6,8,13,15-17H,2,5,7,9-11H2,1H3. The summed E-state index contributed by atoms with van der Waals surface area (Å²) in [7, 11) is 0. The summed E-state index contributed by atoms with van der Waals surface area (Å²) in [4.78, 5) is 0. The van der Waals surface area contributed by atoms with Gasteiger partial charge in [0.2, 0.25) is 0 Å². The van der Waals surface area contributed by atoms with Crippen LogP contribution in [0, 0.1) is 0 Å². The molecule has 0 fully saturated rings. The maximum Gasteiger partial charge on any atom is 0.0549 e. The molecule has 0 amide bonds. The second-order valence-corrected chi connectivity index (χ2v) is 4.95. The summed E-state index contributed by atoms with van der Waals surface area (Å²) in [6.07, 6.45) is 5.26. The highest BCUT2D eigenvalue weighted by atomic mass is 16.3. The average molecular weight is 233 g/mol. The molecule has 1 aliphatic carbocycles. The molecule has 0 aromatic heterocycles. The fourth-order valence-corrected chi connectivity index (χ4v) is 2.59. The highest BCUT2D eigenvalue weighted by molar-refractivity contribution is 5.32. The molecule has 2 rings (SSSR count). The minimum Gasteiger partial charge on any atom is -0.393 e. The van der Waals surface area contributed by atoms with Gasteiger partial charge in [-0.1, -0.05) is 31.2 Å². The molecule has 0 saturated carbocycles. The second-order valence-electron chi connectivity index (χ2n) is 4.95. The topological polar surface area (TPSA) is 32.3 Å². The maximum absolute atomic E-state index is 9.54. The van der Waals surface area contributed by atoms with Crippen molar-refractivity contribution in [1.29, 1.82) is 0 Å². The lowest BCUT2D eigenvalue weighted by Crippen LogP contribution is -2.28. The highest BCUT2D eigenvalue weighted by Gasteiger charge is 2.18. The molecule has 94 valence electrons. The lowest BCUT2D eigenvalue weighted by molar-refractivity contribution is 0.158. The molecular formula is C15H23NO. The van der Waals surface area contributed by atoms with Crippen LogP contribution in [0.4, 0.5) is 0 Å². The Bertz CT molecular complexity index is 351. The minimum atomic E-state index is -0.152. The van der Waals surface area contributed by atoms with Gasteiger partial charge in [-0.15, -0.1) is 0 Å². The summed E-state index contributed by atoms with van der Waals surface area (Å²) in [5, 5.41) is 13.1. The van der Waals surface area contributed by atoms with Gasteiger partial charge in [-0.25, -0.2) is 0 Å². The molecule has 0 saturated heterocycles. The van der Waals surface area contributed by atoms with Crippen molar-refractivity contribution < 1.29 is 5.11 Å². The van der Waals surface area contributed by atoms with Crippen molar-refractivity contribution in [2.24, 2.45) is 0 Å². The number of fused-ring (bicyclic) bond motifs is 1. The number of nitrogens with one attached hydrogen (secondary N) is 1. The van der Waals surface area contributed by atoms with Crippen LogP contribution in [-0.4, -0.2) is 17.8 Å². The van der Waals surface area contributed by atoms with Crippen molar-refractivity contribution in [3.05, 3.63) is 35.4 Å². The van der Waals surface area contributed by atoms with Gasteiger partial charge >= 0.3 is 0 Å². The number of hydrogen-bond acceptors (Lipinski definition) is 2. The van der Waals surface area contributed by atoms with Crippen molar-refractivity contribution in [3.8, 4) is 0 Å². The van der Waals surface area contributed by atoms with E-state index in [0.717, 1.165) is 19.4 Å². The molecule has 2 atom stereocenters. The maximum atomic E-state index is 9.54. The molecule has 17 heavy (non-hydrogen) atoms. The first-order chi connectivity index (χ1) is 8.31. The van der Waals surface area contributed by atoms with Gasteiger partial charge in [0.05, 0.1) is 6.10 Å². The molecule has 0 radical (unpaired) electrons. The van der Waals surface area contributed by atoms with Gasteiger partial charge in [0, 0.05) is 6.04 Å². The van der Waals surface area contributed by atoms with Gasteiger partial charge in [-0.05, 0) is 49.8 Å². The van der Waals surface area contributed by atoms with Gasteiger partial charge in [0.15, 0.2) is 0 Å². The molecule has 1 aromatic rings. The van der Waals surface area contributed by atoms with E-state index in [1.165, 1.54) is 30.4 Å². The summed E-state index contributed by atoms with van der Waals surface area (Å²) >= 11 is 0. The van der Waals surface area contributed by atoms with E-state index in [2.05, 4.69) is 29.6 Å². The molecule has 1 aromatic carbocycles. The summed E-state index contributed by atoms with van der Waals surface area (Å²) in [6, 6.07) is 9.22. The van der Waals surface area contributed by atoms with Crippen molar-refractivity contribution in [2.45, 2.75) is 51.2 Å². The van der Waals surface area contributed by atoms with Gasteiger partial charge < -0.3 is 10.4 Å². The van der Waals surface area contributed by atoms with E-state index in [4.69, 9.17) is 0 Å². The van der Waals surface area contributed by atoms with Crippen LogP contribution in [0.5, 0.6) is 0 Å². The van der Waals surface area contributed by atoms with E-state index in [0.29, 0.717) is 6.04 Å². The van der Waals surface area contributed by atoms with Crippen LogP contribution in [0.3, 0.4) is 0 Å². The van der Waals surface area contributed by atoms with Crippen molar-refractivity contribution in [2.75, 3.05) is 6.54 Å². The van der Waals surface area contributed by atoms with E-state index in [9.17, 15) is 5.11 Å². The van der Waals surface area contributed by atoms with Crippen LogP contribution in [0.25, 0.3) is 0 Å². The third-order valence-corrected chi connectivity index (χ3v) is 3.71. The van der Waals surface area contributed by atoms with E-state index in [1.54, 1.807) is 0 Å². The Morgan fingerprint density at radius 3 is 3.06 bits per heavy atom. The Balaban J connectivity index is 1.90. The van der Waals surface area contributed by atoms with Crippen molar-refractivity contribution in [1.82, 2.24) is 5.32 Å². The molecule has 2 heteroatoms. The Labute approximate surface area is 104 Å². The zero-order valence-electron chi connectivity index (χ0n) is 10.7. The first kappa shape index (κ1) is 12.6. The number of hydrogen-bond donors (Lipinski definition) is 2. The number of benzene rings is 1. The molecule has 0 heterocycles. The highest BCUT2D eigenvalue weighted by Crippen LogP contribution is 2.29. The molecule has 0 spiro atoms. The van der Waals surface area contributed by atoms with E-state index in [-0.39, 0.29) is 6.10 Å². The van der Waals surface area contributed by atoms with E-state index in [1.807, 2.05) is 6.92 Å². The average Bonchev–Trinajstić information content (AvgIpc) is 2.39. The van der Waals surface area contributed by atoms with Gasteiger partial charge in [-0.3, -0.25) is 0 Å². The summed E-state index contributed by atoms with van der Waals surface area (Å²) < 4.78 is 0. The number of aliphatic hydroxyl groups is 1. The molecular weight excluding hydrogens is 210 g/mol. The zero-order valence-corrected chi connectivity index (χ0v) is 10.7. The van der Waals surface area contributed by atoms with Crippen LogP contribution >= 0.6 is 0 Å². The fraction of sp³-hybridized carbons (Fsp3) is 0.600. The Hall–Kier alpha value is -0.860. The lowest BCUT2D eigenvalue weighted by Gasteiger charge is -2.26. The fourth-order valence-electron chi connectivity index (χ4n) is 2.59. The molecule has 2 nitrogen and oxygen atoms in total. The third kappa shape index (κ3) is 3.30. The zero-order chi connectivity index (χ0) is 12.1. The minimum absolute atomic E-state index is 0.152. The summed E-state index contributed by atoms with van der Waals surface area (Å²) in [5.74, 6) is 0. The molecule has 1 aliphatic rings. The molecule has 0 aliphatic heterocycles. The smallest absolute Gasteiger partial charge is 0.0549 e. The Morgan fingerprint density at radius 1 is 1.41 bits per heavy atom. The normalized spacial score (nSPS) is 20.9. The quantitative estimate of drug-likeness (QED) is 0.819. The van der Waals surface area contributed by atoms with Gasteiger partial charge in [0.1, 0.15) is 0 Å². The Morgan fingerprint density at radius 2 is 2.24 bits per heavy atom. The van der Waals surface area contributed by atoms with Crippen LogP contribution in [0.1, 0.15) is 49.8 Å². The predicted molar refractivity (Wildman–Crippen MR) is 71.0 cm³/mol. The largest absolute Gasteiger partial charge is 0.393 e. The SMILES string of the molecule is CCC(O)CCNC1CCCc2ccccc21. The van der Waals surface area contributed by atoms with Crippen LogP contribution in [-0.2, 0) is 6.42 Å². The first-order valence-electron chi connectivity index (χ1n) is 6.80. The van der Waals surface area contributed by atoms with Gasteiger partial charge in [-0.2, -0.15) is 0 Å². The monoisotopic (exact) mass is 233 g/mol. The van der Waals surface area contributed by atoms with Crippen LogP contribution in [0.15, 0.2) is 24.3 Å². The summed E-state index contributed by atoms with van der Waals surface area (Å²) in [6.45, 7) is 2.94. The lowest BCUT2D eigenvalue weighted by atomic mass is 9.88. The molecule has 2 unspecified atom stereocenters. The summed E-state index contributed by atoms with van der Waals surface area (Å²) in [5.41, 5.74) is 2.96. The predicted octanol–water partition coefficient (Wildman–Crippen LogP) is 2.81. The first-order valence-corrected chi connectivity index (χ1v) is 6.80. The number of rotatable bonds is 5. The molecule has 2 N–H and O–H groups in total. The third-order valence-electron chi connectivity index (χ3n) is 3.71.